The first-order valence-corrected chi connectivity index (χ1v) is 8.12. The Morgan fingerprint density at radius 2 is 1.77 bits per heavy atom. The third-order valence-corrected chi connectivity index (χ3v) is 4.31. The fourth-order valence-electron chi connectivity index (χ4n) is 3.00. The molecule has 22 heavy (non-hydrogen) atoms. The summed E-state index contributed by atoms with van der Waals surface area (Å²) in [5, 5.41) is 0. The number of piperidine rings is 1. The second-order valence-corrected chi connectivity index (χ2v) is 6.69. The molecule has 0 aliphatic carbocycles. The van der Waals surface area contributed by atoms with E-state index in [1.807, 2.05) is 17.0 Å². The minimum absolute atomic E-state index is 0.291. The van der Waals surface area contributed by atoms with Gasteiger partial charge >= 0.3 is 0 Å². The molecule has 1 fully saturated rings. The van der Waals surface area contributed by atoms with Gasteiger partial charge in [-0.25, -0.2) is 0 Å². The lowest BCUT2D eigenvalue weighted by molar-refractivity contribution is -0.133. The summed E-state index contributed by atoms with van der Waals surface area (Å²) in [6.45, 7) is 5.91. The molecule has 1 aliphatic heterocycles. The van der Waals surface area contributed by atoms with Crippen molar-refractivity contribution in [2.24, 2.45) is 17.6 Å². The van der Waals surface area contributed by atoms with Gasteiger partial charge in [-0.05, 0) is 48.8 Å². The molecule has 1 heterocycles. The molecule has 0 radical (unpaired) electrons. The summed E-state index contributed by atoms with van der Waals surface area (Å²) in [5.74, 6) is 0.944. The first kappa shape index (κ1) is 16.5. The van der Waals surface area contributed by atoms with Crippen LogP contribution in [0.2, 0.25) is 0 Å². The Kier molecular flexibility index (Phi) is 5.58. The first-order chi connectivity index (χ1) is 10.5. The smallest absolute Gasteiger partial charge is 0.248 e. The summed E-state index contributed by atoms with van der Waals surface area (Å²) < 4.78 is 0. The van der Waals surface area contributed by atoms with E-state index in [-0.39, 0.29) is 5.91 Å². The maximum atomic E-state index is 12.1. The van der Waals surface area contributed by atoms with Gasteiger partial charge in [-0.3, -0.25) is 9.59 Å². The summed E-state index contributed by atoms with van der Waals surface area (Å²) in [7, 11) is 0. The number of carbonyl (C=O) groups is 2. The molecule has 1 aromatic rings. The topological polar surface area (TPSA) is 63.4 Å². The van der Waals surface area contributed by atoms with Crippen LogP contribution in [-0.2, 0) is 11.2 Å². The second-order valence-electron chi connectivity index (χ2n) is 6.69. The van der Waals surface area contributed by atoms with Gasteiger partial charge in [-0.15, -0.1) is 0 Å². The van der Waals surface area contributed by atoms with E-state index in [4.69, 9.17) is 5.73 Å². The third-order valence-electron chi connectivity index (χ3n) is 4.31. The molecule has 4 nitrogen and oxygen atoms in total. The average molecular weight is 302 g/mol. The van der Waals surface area contributed by atoms with E-state index in [0.717, 1.165) is 32.4 Å². The Hall–Kier alpha value is -1.84. The van der Waals surface area contributed by atoms with Crippen molar-refractivity contribution in [3.8, 4) is 0 Å². The van der Waals surface area contributed by atoms with Crippen LogP contribution in [-0.4, -0.2) is 29.8 Å². The van der Waals surface area contributed by atoms with Crippen LogP contribution < -0.4 is 5.73 Å². The molecule has 120 valence electrons. The lowest BCUT2D eigenvalue weighted by Crippen LogP contribution is -2.39. The van der Waals surface area contributed by atoms with E-state index < -0.39 is 0 Å². The Morgan fingerprint density at radius 3 is 2.27 bits per heavy atom. The number of primary amides is 1. The van der Waals surface area contributed by atoms with Gasteiger partial charge in [-0.1, -0.05) is 26.0 Å². The zero-order chi connectivity index (χ0) is 16.1. The Balaban J connectivity index is 1.82. The summed E-state index contributed by atoms with van der Waals surface area (Å²) in [6.07, 6.45) is 3.77. The van der Waals surface area contributed by atoms with Gasteiger partial charge in [0.25, 0.3) is 0 Å². The monoisotopic (exact) mass is 302 g/mol. The molecule has 4 heteroatoms. The molecule has 0 bridgehead atoms. The quantitative estimate of drug-likeness (QED) is 0.908. The maximum absolute atomic E-state index is 12.1. The van der Waals surface area contributed by atoms with Crippen molar-refractivity contribution in [3.63, 3.8) is 0 Å². The standard InChI is InChI=1S/C18H26N2O2/c1-13(2)11-17(21)20-9-7-15(8-10-20)12-14-3-5-16(6-4-14)18(19)22/h3-6,13,15H,7-12H2,1-2H3,(H2,19,22). The predicted octanol–water partition coefficient (Wildman–Crippen LogP) is 2.61. The molecule has 1 aromatic carbocycles. The van der Waals surface area contributed by atoms with Crippen LogP contribution in [0.5, 0.6) is 0 Å². The molecule has 0 spiro atoms. The van der Waals surface area contributed by atoms with E-state index in [2.05, 4.69) is 13.8 Å². The zero-order valence-corrected chi connectivity index (χ0v) is 13.5. The van der Waals surface area contributed by atoms with Gasteiger partial charge in [0.1, 0.15) is 0 Å². The van der Waals surface area contributed by atoms with Crippen molar-refractivity contribution >= 4 is 11.8 Å². The van der Waals surface area contributed by atoms with Crippen LogP contribution in [0.3, 0.4) is 0 Å². The molecule has 2 rings (SSSR count). The van der Waals surface area contributed by atoms with Crippen molar-refractivity contribution in [1.82, 2.24) is 4.90 Å². The number of carbonyl (C=O) groups excluding carboxylic acids is 2. The number of nitrogens with two attached hydrogens (primary N) is 1. The van der Waals surface area contributed by atoms with Crippen LogP contribution in [0.4, 0.5) is 0 Å². The van der Waals surface area contributed by atoms with E-state index in [0.29, 0.717) is 29.7 Å². The SMILES string of the molecule is CC(C)CC(=O)N1CCC(Cc2ccc(C(N)=O)cc2)CC1. The van der Waals surface area contributed by atoms with Gasteiger partial charge in [0.2, 0.25) is 11.8 Å². The number of amides is 2. The molecular weight excluding hydrogens is 276 g/mol. The number of nitrogens with zero attached hydrogens (tertiary/aromatic N) is 1. The highest BCUT2D eigenvalue weighted by Gasteiger charge is 2.23. The van der Waals surface area contributed by atoms with Crippen LogP contribution in [0.25, 0.3) is 0 Å². The number of hydrogen-bond acceptors (Lipinski definition) is 2. The van der Waals surface area contributed by atoms with E-state index in [9.17, 15) is 9.59 Å². The molecule has 0 saturated carbocycles. The fourth-order valence-corrected chi connectivity index (χ4v) is 3.00. The molecule has 2 N–H and O–H groups in total. The highest BCUT2D eigenvalue weighted by atomic mass is 16.2. The largest absolute Gasteiger partial charge is 0.366 e. The molecule has 0 aromatic heterocycles. The number of hydrogen-bond donors (Lipinski definition) is 1. The van der Waals surface area contributed by atoms with E-state index in [1.54, 1.807) is 12.1 Å². The zero-order valence-electron chi connectivity index (χ0n) is 13.5. The Labute approximate surface area is 132 Å². The maximum Gasteiger partial charge on any atom is 0.248 e. The Morgan fingerprint density at radius 1 is 1.18 bits per heavy atom. The number of rotatable bonds is 5. The summed E-state index contributed by atoms with van der Waals surface area (Å²) in [6, 6.07) is 7.55. The fraction of sp³-hybridized carbons (Fsp3) is 0.556. The summed E-state index contributed by atoms with van der Waals surface area (Å²) >= 11 is 0. The van der Waals surface area contributed by atoms with Crippen LogP contribution in [0.15, 0.2) is 24.3 Å². The van der Waals surface area contributed by atoms with Crippen LogP contribution >= 0.6 is 0 Å². The van der Waals surface area contributed by atoms with Crippen molar-refractivity contribution in [2.45, 2.75) is 39.5 Å². The van der Waals surface area contributed by atoms with Gasteiger partial charge in [-0.2, -0.15) is 0 Å². The second kappa shape index (κ2) is 7.43. The van der Waals surface area contributed by atoms with Crippen molar-refractivity contribution < 1.29 is 9.59 Å². The van der Waals surface area contributed by atoms with E-state index >= 15 is 0 Å². The molecule has 1 aliphatic rings. The number of likely N-dealkylation sites (tertiary alicyclic amines) is 1. The average Bonchev–Trinajstić information content (AvgIpc) is 2.48. The lowest BCUT2D eigenvalue weighted by Gasteiger charge is -2.32. The molecule has 1 saturated heterocycles. The van der Waals surface area contributed by atoms with Gasteiger partial charge in [0, 0.05) is 25.1 Å². The summed E-state index contributed by atoms with van der Waals surface area (Å²) in [4.78, 5) is 25.1. The molecule has 0 unspecified atom stereocenters. The van der Waals surface area contributed by atoms with Crippen molar-refractivity contribution in [1.29, 1.82) is 0 Å². The van der Waals surface area contributed by atoms with Crippen molar-refractivity contribution in [3.05, 3.63) is 35.4 Å². The molecular formula is C18H26N2O2. The first-order valence-electron chi connectivity index (χ1n) is 8.12. The minimum Gasteiger partial charge on any atom is -0.366 e. The molecule has 2 amide bonds. The van der Waals surface area contributed by atoms with Crippen LogP contribution in [0.1, 0.15) is 49.0 Å². The highest BCUT2D eigenvalue weighted by molar-refractivity contribution is 5.92. The van der Waals surface area contributed by atoms with Gasteiger partial charge < -0.3 is 10.6 Å². The normalized spacial score (nSPS) is 16.0. The minimum atomic E-state index is -0.386. The van der Waals surface area contributed by atoms with Crippen LogP contribution in [0, 0.1) is 11.8 Å². The lowest BCUT2D eigenvalue weighted by atomic mass is 9.89. The third kappa shape index (κ3) is 4.58. The van der Waals surface area contributed by atoms with E-state index in [1.165, 1.54) is 5.56 Å². The van der Waals surface area contributed by atoms with Crippen molar-refractivity contribution in [2.75, 3.05) is 13.1 Å². The highest BCUT2D eigenvalue weighted by Crippen LogP contribution is 2.23. The van der Waals surface area contributed by atoms with Gasteiger partial charge in [0.15, 0.2) is 0 Å². The predicted molar refractivity (Wildman–Crippen MR) is 87.4 cm³/mol. The van der Waals surface area contributed by atoms with Gasteiger partial charge in [0.05, 0.1) is 0 Å². The Bertz CT molecular complexity index is 514. The number of benzene rings is 1. The summed E-state index contributed by atoms with van der Waals surface area (Å²) in [5.41, 5.74) is 7.04. The molecule has 0 atom stereocenters.